The van der Waals surface area contributed by atoms with E-state index in [0.29, 0.717) is 6.54 Å². The first-order chi connectivity index (χ1) is 16.0. The lowest BCUT2D eigenvalue weighted by atomic mass is 9.97. The van der Waals surface area contributed by atoms with Crippen LogP contribution in [0, 0.1) is 0 Å². The molecule has 0 unspecified atom stereocenters. The van der Waals surface area contributed by atoms with Crippen LogP contribution in [0.5, 0.6) is 5.75 Å². The summed E-state index contributed by atoms with van der Waals surface area (Å²) in [5, 5.41) is 7.62. The van der Waals surface area contributed by atoms with E-state index in [1.807, 2.05) is 6.07 Å². The van der Waals surface area contributed by atoms with Crippen LogP contribution in [0.25, 0.3) is 43.6 Å². The smallest absolute Gasteiger partial charge is 0.252 e. The molecule has 1 aliphatic heterocycles. The minimum Gasteiger partial charge on any atom is -0.497 e. The zero-order valence-electron chi connectivity index (χ0n) is 19.5. The van der Waals surface area contributed by atoms with Crippen molar-refractivity contribution in [3.63, 3.8) is 0 Å². The van der Waals surface area contributed by atoms with Crippen molar-refractivity contribution in [1.29, 1.82) is 0 Å². The van der Waals surface area contributed by atoms with Crippen molar-refractivity contribution in [2.75, 3.05) is 27.7 Å². The Morgan fingerprint density at radius 2 is 1.85 bits per heavy atom. The number of aromatic nitrogens is 2. The molecule has 5 aromatic rings. The van der Waals surface area contributed by atoms with Crippen LogP contribution in [0.15, 0.2) is 42.5 Å². The predicted octanol–water partition coefficient (Wildman–Crippen LogP) is 4.64. The molecule has 0 saturated carbocycles. The number of hydrogen-bond acceptors (Lipinski definition) is 3. The molecule has 3 heterocycles. The lowest BCUT2D eigenvalue weighted by Gasteiger charge is -2.13. The molecule has 3 aromatic carbocycles. The first-order valence-corrected chi connectivity index (χ1v) is 11.5. The summed E-state index contributed by atoms with van der Waals surface area (Å²) in [5.41, 5.74) is 6.59. The van der Waals surface area contributed by atoms with Gasteiger partial charge in [0.15, 0.2) is 0 Å². The van der Waals surface area contributed by atoms with Crippen LogP contribution in [-0.4, -0.2) is 47.7 Å². The molecular formula is C27H28N4O2. The molecular weight excluding hydrogens is 412 g/mol. The number of fused-ring (bicyclic) bond motifs is 10. The molecule has 1 aliphatic rings. The second-order valence-corrected chi connectivity index (χ2v) is 9.25. The van der Waals surface area contributed by atoms with Gasteiger partial charge in [-0.1, -0.05) is 18.2 Å². The number of carbonyl (C=O) groups is 1. The Bertz CT molecular complexity index is 1590. The van der Waals surface area contributed by atoms with Crippen molar-refractivity contribution in [3.8, 4) is 5.75 Å². The molecule has 6 heteroatoms. The first-order valence-electron chi connectivity index (χ1n) is 11.5. The number of para-hydroxylation sites is 1. The minimum absolute atomic E-state index is 0.0139. The van der Waals surface area contributed by atoms with E-state index in [1.165, 1.54) is 21.8 Å². The van der Waals surface area contributed by atoms with Crippen molar-refractivity contribution in [3.05, 3.63) is 53.6 Å². The highest BCUT2D eigenvalue weighted by Gasteiger charge is 2.31. The largest absolute Gasteiger partial charge is 0.497 e. The maximum absolute atomic E-state index is 13.2. The fourth-order valence-electron chi connectivity index (χ4n) is 5.67. The molecule has 2 aromatic heterocycles. The fraction of sp³-hybridized carbons (Fsp3) is 0.296. The Hall–Kier alpha value is -3.51. The summed E-state index contributed by atoms with van der Waals surface area (Å²) in [4.78, 5) is 15.4. The van der Waals surface area contributed by atoms with Crippen LogP contribution in [0.2, 0.25) is 0 Å². The molecule has 33 heavy (non-hydrogen) atoms. The molecule has 6 nitrogen and oxygen atoms in total. The Morgan fingerprint density at radius 3 is 2.64 bits per heavy atom. The number of aryl methyl sites for hydroxylation is 2. The number of ether oxygens (including phenoxy) is 1. The van der Waals surface area contributed by atoms with Gasteiger partial charge in [0.25, 0.3) is 5.91 Å². The van der Waals surface area contributed by atoms with E-state index >= 15 is 0 Å². The highest BCUT2D eigenvalue weighted by molar-refractivity contribution is 6.30. The molecule has 1 amide bonds. The summed E-state index contributed by atoms with van der Waals surface area (Å²) in [6.07, 6.45) is 1.02. The molecule has 1 N–H and O–H groups in total. The molecule has 0 bridgehead atoms. The Morgan fingerprint density at radius 1 is 1.03 bits per heavy atom. The number of methoxy groups -OCH3 is 1. The third-order valence-corrected chi connectivity index (χ3v) is 7.10. The molecule has 0 saturated heterocycles. The normalized spacial score (nSPS) is 13.7. The molecule has 6 rings (SSSR count). The van der Waals surface area contributed by atoms with Gasteiger partial charge < -0.3 is 24.1 Å². The lowest BCUT2D eigenvalue weighted by Crippen LogP contribution is -2.15. The number of nitrogens with zero attached hydrogens (tertiary/aromatic N) is 3. The van der Waals surface area contributed by atoms with E-state index in [2.05, 4.69) is 76.9 Å². The summed E-state index contributed by atoms with van der Waals surface area (Å²) in [7, 11) is 8.05. The number of nitrogens with one attached hydrogen (secondary N) is 1. The van der Waals surface area contributed by atoms with Crippen LogP contribution in [-0.2, 0) is 20.1 Å². The topological polar surface area (TPSA) is 51.4 Å². The fourth-order valence-corrected chi connectivity index (χ4v) is 5.67. The van der Waals surface area contributed by atoms with Gasteiger partial charge in [0, 0.05) is 52.7 Å². The SMILES string of the molecule is COc1ccc2c(c1)c1c3c(c4c5ccccc5n(C)c4c1n2CCCN(C)C)CNC3=O. The number of carbonyl (C=O) groups excluding carboxylic acids is 1. The minimum atomic E-state index is 0.0139. The zero-order valence-corrected chi connectivity index (χ0v) is 19.5. The van der Waals surface area contributed by atoms with Crippen molar-refractivity contribution in [2.24, 2.45) is 7.05 Å². The summed E-state index contributed by atoms with van der Waals surface area (Å²) >= 11 is 0. The summed E-state index contributed by atoms with van der Waals surface area (Å²) in [5.74, 6) is 0.819. The van der Waals surface area contributed by atoms with Gasteiger partial charge in [-0.2, -0.15) is 0 Å². The van der Waals surface area contributed by atoms with Gasteiger partial charge >= 0.3 is 0 Å². The van der Waals surface area contributed by atoms with E-state index in [9.17, 15) is 4.79 Å². The van der Waals surface area contributed by atoms with Crippen LogP contribution in [0.1, 0.15) is 22.3 Å². The second kappa shape index (κ2) is 7.25. The average Bonchev–Trinajstić information content (AvgIpc) is 3.44. The third-order valence-electron chi connectivity index (χ3n) is 7.10. The third kappa shape index (κ3) is 2.74. The average molecular weight is 441 g/mol. The van der Waals surface area contributed by atoms with Gasteiger partial charge in [0.1, 0.15) is 5.75 Å². The van der Waals surface area contributed by atoms with Crippen molar-refractivity contribution in [2.45, 2.75) is 19.5 Å². The monoisotopic (exact) mass is 440 g/mol. The van der Waals surface area contributed by atoms with Crippen LogP contribution in [0.4, 0.5) is 0 Å². The van der Waals surface area contributed by atoms with Crippen LogP contribution < -0.4 is 10.1 Å². The van der Waals surface area contributed by atoms with Gasteiger partial charge in [-0.05, 0) is 56.9 Å². The standard InChI is InChI=1S/C27H28N4O2/c1-29(2)12-7-13-31-21-11-10-16(33-4)14-18(21)23-24-19(15-28-27(24)32)22-17-8-5-6-9-20(17)30(3)25(22)26(23)31/h5-6,8-11,14H,7,12-13,15H2,1-4H3,(H,28,32). The Labute approximate surface area is 192 Å². The van der Waals surface area contributed by atoms with E-state index < -0.39 is 0 Å². The summed E-state index contributed by atoms with van der Waals surface area (Å²) in [6.45, 7) is 2.44. The van der Waals surface area contributed by atoms with E-state index in [4.69, 9.17) is 4.74 Å². The number of rotatable bonds is 5. The molecule has 0 atom stereocenters. The van der Waals surface area contributed by atoms with Gasteiger partial charge in [0.05, 0.1) is 23.7 Å². The quantitative estimate of drug-likeness (QED) is 0.433. The van der Waals surface area contributed by atoms with Gasteiger partial charge in [0.2, 0.25) is 0 Å². The molecule has 0 fully saturated rings. The van der Waals surface area contributed by atoms with E-state index in [0.717, 1.165) is 58.2 Å². The van der Waals surface area contributed by atoms with E-state index in [-0.39, 0.29) is 5.91 Å². The van der Waals surface area contributed by atoms with Crippen LogP contribution in [0.3, 0.4) is 0 Å². The molecule has 0 aliphatic carbocycles. The second-order valence-electron chi connectivity index (χ2n) is 9.25. The maximum atomic E-state index is 13.2. The highest BCUT2D eigenvalue weighted by atomic mass is 16.5. The first kappa shape index (κ1) is 20.1. The maximum Gasteiger partial charge on any atom is 0.252 e. The predicted molar refractivity (Wildman–Crippen MR) is 134 cm³/mol. The van der Waals surface area contributed by atoms with Crippen molar-refractivity contribution < 1.29 is 9.53 Å². The Kier molecular flexibility index (Phi) is 4.42. The number of hydrogen-bond donors (Lipinski definition) is 1. The van der Waals surface area contributed by atoms with Gasteiger partial charge in [-0.25, -0.2) is 0 Å². The van der Waals surface area contributed by atoms with Crippen molar-refractivity contribution in [1.82, 2.24) is 19.4 Å². The number of benzene rings is 3. The highest BCUT2D eigenvalue weighted by Crippen LogP contribution is 2.45. The van der Waals surface area contributed by atoms with Crippen LogP contribution >= 0.6 is 0 Å². The summed E-state index contributed by atoms with van der Waals surface area (Å²) in [6, 6.07) is 14.7. The van der Waals surface area contributed by atoms with Gasteiger partial charge in [-0.3, -0.25) is 4.79 Å². The Balaban J connectivity index is 1.84. The van der Waals surface area contributed by atoms with Crippen molar-refractivity contribution >= 4 is 49.5 Å². The lowest BCUT2D eigenvalue weighted by molar-refractivity contribution is 0.0967. The van der Waals surface area contributed by atoms with E-state index in [1.54, 1.807) is 7.11 Å². The van der Waals surface area contributed by atoms with Gasteiger partial charge in [-0.15, -0.1) is 0 Å². The molecule has 0 spiro atoms. The summed E-state index contributed by atoms with van der Waals surface area (Å²) < 4.78 is 10.3. The molecule has 0 radical (unpaired) electrons. The molecule has 168 valence electrons. The zero-order chi connectivity index (χ0) is 22.9. The number of amides is 1.